The molecule has 1 aliphatic heterocycles. The average molecular weight is 180 g/mol. The highest BCUT2D eigenvalue weighted by atomic mass is 35.5. The Labute approximate surface area is 77.0 Å². The van der Waals surface area contributed by atoms with Crippen LogP contribution in [0, 0.1) is 0 Å². The van der Waals surface area contributed by atoms with Crippen molar-refractivity contribution in [2.45, 2.75) is 6.42 Å². The molecule has 1 N–H and O–H groups in total. The van der Waals surface area contributed by atoms with Gasteiger partial charge in [0.05, 0.1) is 0 Å². The van der Waals surface area contributed by atoms with Crippen LogP contribution in [0.1, 0.15) is 11.1 Å². The molecule has 0 saturated carbocycles. The second-order valence-electron chi connectivity index (χ2n) is 2.91. The highest BCUT2D eigenvalue weighted by Crippen LogP contribution is 2.29. The molecule has 1 aromatic rings. The molecule has 0 fully saturated rings. The predicted molar refractivity (Wildman–Crippen MR) is 53.7 cm³/mol. The first-order chi connectivity index (χ1) is 5.81. The van der Waals surface area contributed by atoms with Gasteiger partial charge in [0.2, 0.25) is 0 Å². The number of benzene rings is 1. The van der Waals surface area contributed by atoms with E-state index in [9.17, 15) is 0 Å². The van der Waals surface area contributed by atoms with Gasteiger partial charge in [0.25, 0.3) is 0 Å². The minimum absolute atomic E-state index is 0.776. The van der Waals surface area contributed by atoms with Crippen molar-refractivity contribution in [3.8, 4) is 0 Å². The lowest BCUT2D eigenvalue weighted by atomic mass is 10.1. The lowest BCUT2D eigenvalue weighted by molar-refractivity contribution is 1.11. The number of fused-ring (bicyclic) bond motifs is 1. The van der Waals surface area contributed by atoms with Crippen LogP contribution >= 0.6 is 11.6 Å². The van der Waals surface area contributed by atoms with E-state index < -0.39 is 0 Å². The van der Waals surface area contributed by atoms with Crippen LogP contribution in [0.25, 0.3) is 6.08 Å². The molecule has 1 aliphatic rings. The van der Waals surface area contributed by atoms with Crippen LogP contribution in [-0.2, 0) is 6.42 Å². The van der Waals surface area contributed by atoms with Crippen molar-refractivity contribution in [2.24, 2.45) is 0 Å². The first-order valence-corrected chi connectivity index (χ1v) is 4.38. The third kappa shape index (κ3) is 1.10. The molecule has 62 valence electrons. The number of halogens is 1. The van der Waals surface area contributed by atoms with Crippen LogP contribution in [0.15, 0.2) is 18.7 Å². The summed E-state index contributed by atoms with van der Waals surface area (Å²) < 4.78 is 0. The van der Waals surface area contributed by atoms with Gasteiger partial charge in [0.1, 0.15) is 0 Å². The van der Waals surface area contributed by atoms with Gasteiger partial charge in [-0.2, -0.15) is 0 Å². The first kappa shape index (κ1) is 7.69. The number of hydrogen-bond acceptors (Lipinski definition) is 1. The minimum atomic E-state index is 0.776. The maximum absolute atomic E-state index is 6.00. The molecule has 0 spiro atoms. The van der Waals surface area contributed by atoms with Crippen molar-refractivity contribution in [2.75, 3.05) is 11.9 Å². The van der Waals surface area contributed by atoms with E-state index in [1.54, 1.807) is 6.08 Å². The van der Waals surface area contributed by atoms with Crippen molar-refractivity contribution >= 4 is 23.4 Å². The van der Waals surface area contributed by atoms with E-state index in [-0.39, 0.29) is 0 Å². The average Bonchev–Trinajstić information content (AvgIpc) is 2.49. The number of hydrogen-bond donors (Lipinski definition) is 1. The topological polar surface area (TPSA) is 12.0 Å². The molecule has 2 heteroatoms. The fraction of sp³-hybridized carbons (Fsp3) is 0.200. The fourth-order valence-corrected chi connectivity index (χ4v) is 1.74. The van der Waals surface area contributed by atoms with Crippen molar-refractivity contribution in [3.63, 3.8) is 0 Å². The van der Waals surface area contributed by atoms with E-state index in [1.807, 2.05) is 6.07 Å². The van der Waals surface area contributed by atoms with E-state index in [1.165, 1.54) is 11.3 Å². The molecule has 1 nitrogen and oxygen atoms in total. The summed E-state index contributed by atoms with van der Waals surface area (Å²) in [5.74, 6) is 0. The maximum Gasteiger partial charge on any atom is 0.0498 e. The van der Waals surface area contributed by atoms with Crippen LogP contribution in [0.2, 0.25) is 5.02 Å². The van der Waals surface area contributed by atoms with Gasteiger partial charge in [0, 0.05) is 17.3 Å². The van der Waals surface area contributed by atoms with E-state index in [2.05, 4.69) is 18.0 Å². The molecular formula is C10H10ClN. The Bertz CT molecular complexity index is 331. The quantitative estimate of drug-likeness (QED) is 0.699. The minimum Gasteiger partial charge on any atom is -0.384 e. The molecule has 1 heterocycles. The third-order valence-electron chi connectivity index (χ3n) is 2.15. The van der Waals surface area contributed by atoms with E-state index in [0.29, 0.717) is 0 Å². The molecular weight excluding hydrogens is 170 g/mol. The van der Waals surface area contributed by atoms with Crippen molar-refractivity contribution in [3.05, 3.63) is 34.9 Å². The summed E-state index contributed by atoms with van der Waals surface area (Å²) in [6.07, 6.45) is 2.88. The largest absolute Gasteiger partial charge is 0.384 e. The lowest BCUT2D eigenvalue weighted by Gasteiger charge is -2.03. The summed E-state index contributed by atoms with van der Waals surface area (Å²) in [4.78, 5) is 0. The summed E-state index contributed by atoms with van der Waals surface area (Å²) in [5, 5.41) is 4.05. The summed E-state index contributed by atoms with van der Waals surface area (Å²) in [7, 11) is 0. The second kappa shape index (κ2) is 2.83. The van der Waals surface area contributed by atoms with Gasteiger partial charge in [-0.05, 0) is 29.7 Å². The highest BCUT2D eigenvalue weighted by Gasteiger charge is 2.11. The van der Waals surface area contributed by atoms with Gasteiger partial charge in [-0.15, -0.1) is 0 Å². The molecule has 0 aliphatic carbocycles. The maximum atomic E-state index is 6.00. The van der Waals surface area contributed by atoms with Crippen LogP contribution in [0.4, 0.5) is 5.69 Å². The SMILES string of the molecule is C=Cc1cc2c(cc1Cl)NCC2. The van der Waals surface area contributed by atoms with Gasteiger partial charge in [0.15, 0.2) is 0 Å². The summed E-state index contributed by atoms with van der Waals surface area (Å²) in [6, 6.07) is 4.07. The Morgan fingerprint density at radius 1 is 1.50 bits per heavy atom. The van der Waals surface area contributed by atoms with E-state index in [4.69, 9.17) is 11.6 Å². The molecule has 2 rings (SSSR count). The molecule has 0 saturated heterocycles. The Kier molecular flexibility index (Phi) is 1.81. The molecule has 0 aromatic heterocycles. The Hall–Kier alpha value is -0.950. The zero-order valence-corrected chi connectivity index (χ0v) is 7.49. The highest BCUT2D eigenvalue weighted by molar-refractivity contribution is 6.32. The third-order valence-corrected chi connectivity index (χ3v) is 2.48. The van der Waals surface area contributed by atoms with Gasteiger partial charge in [-0.25, -0.2) is 0 Å². The smallest absolute Gasteiger partial charge is 0.0498 e. The number of nitrogens with one attached hydrogen (secondary N) is 1. The van der Waals surface area contributed by atoms with E-state index in [0.717, 1.165) is 23.6 Å². The van der Waals surface area contributed by atoms with Crippen LogP contribution in [0.5, 0.6) is 0 Å². The van der Waals surface area contributed by atoms with Gasteiger partial charge in [-0.3, -0.25) is 0 Å². The van der Waals surface area contributed by atoms with E-state index >= 15 is 0 Å². The Balaban J connectivity index is 2.56. The molecule has 0 unspecified atom stereocenters. The molecule has 0 radical (unpaired) electrons. The molecule has 1 aromatic carbocycles. The summed E-state index contributed by atoms with van der Waals surface area (Å²) in [5.41, 5.74) is 3.54. The molecule has 0 atom stereocenters. The zero-order valence-electron chi connectivity index (χ0n) is 6.73. The fourth-order valence-electron chi connectivity index (χ4n) is 1.50. The number of rotatable bonds is 1. The zero-order chi connectivity index (χ0) is 8.55. The Morgan fingerprint density at radius 2 is 2.33 bits per heavy atom. The Morgan fingerprint density at radius 3 is 3.08 bits per heavy atom. The molecule has 0 amide bonds. The lowest BCUT2D eigenvalue weighted by Crippen LogP contribution is -1.90. The normalized spacial score (nSPS) is 13.8. The standard InChI is InChI=1S/C10H10ClN/c1-2-7-5-8-3-4-12-10(8)6-9(7)11/h2,5-6,12H,1,3-4H2. The first-order valence-electron chi connectivity index (χ1n) is 4.00. The molecule has 12 heavy (non-hydrogen) atoms. The number of anilines is 1. The summed E-state index contributed by atoms with van der Waals surface area (Å²) in [6.45, 7) is 4.73. The van der Waals surface area contributed by atoms with Crippen LogP contribution < -0.4 is 5.32 Å². The van der Waals surface area contributed by atoms with Crippen molar-refractivity contribution in [1.29, 1.82) is 0 Å². The van der Waals surface area contributed by atoms with Gasteiger partial charge in [-0.1, -0.05) is 24.3 Å². The second-order valence-corrected chi connectivity index (χ2v) is 3.32. The van der Waals surface area contributed by atoms with Crippen molar-refractivity contribution < 1.29 is 0 Å². The van der Waals surface area contributed by atoms with Crippen LogP contribution in [-0.4, -0.2) is 6.54 Å². The van der Waals surface area contributed by atoms with Crippen LogP contribution in [0.3, 0.4) is 0 Å². The summed E-state index contributed by atoms with van der Waals surface area (Å²) >= 11 is 6.00. The van der Waals surface area contributed by atoms with Crippen molar-refractivity contribution in [1.82, 2.24) is 0 Å². The predicted octanol–water partition coefficient (Wildman–Crippen LogP) is 2.95. The molecule has 0 bridgehead atoms. The van der Waals surface area contributed by atoms with Gasteiger partial charge >= 0.3 is 0 Å². The van der Waals surface area contributed by atoms with Gasteiger partial charge < -0.3 is 5.32 Å². The monoisotopic (exact) mass is 179 g/mol.